The van der Waals surface area contributed by atoms with Crippen LogP contribution in [0.2, 0.25) is 0 Å². The van der Waals surface area contributed by atoms with Gasteiger partial charge in [0.05, 0.1) is 32.5 Å². The Balaban J connectivity index is 1.58. The van der Waals surface area contributed by atoms with Crippen molar-refractivity contribution in [2.45, 2.75) is 43.7 Å². The van der Waals surface area contributed by atoms with Gasteiger partial charge in [0.2, 0.25) is 0 Å². The maximum atomic E-state index is 13.1. The third kappa shape index (κ3) is 4.57. The lowest BCUT2D eigenvalue weighted by Crippen LogP contribution is -2.32. The minimum Gasteiger partial charge on any atom is -0.376 e. The smallest absolute Gasteiger partial charge is 0.308 e. The molecule has 0 radical (unpaired) electrons. The molecule has 0 spiro atoms. The first-order valence-electron chi connectivity index (χ1n) is 10.4. The first kappa shape index (κ1) is 22.5. The molecule has 0 aliphatic carbocycles. The number of fused-ring (bicyclic) bond motifs is 1. The Kier molecular flexibility index (Phi) is 6.36. The minimum atomic E-state index is -3.97. The Hall–Kier alpha value is -2.69. The van der Waals surface area contributed by atoms with Crippen LogP contribution in [0.4, 0.5) is 5.69 Å². The lowest BCUT2D eigenvalue weighted by atomic mass is 10.1. The van der Waals surface area contributed by atoms with Crippen molar-refractivity contribution in [3.63, 3.8) is 0 Å². The van der Waals surface area contributed by atoms with Crippen molar-refractivity contribution in [2.24, 2.45) is 0 Å². The molecular formula is C22H25N3O5S2. The first-order chi connectivity index (χ1) is 15.3. The number of sulfonamides is 1. The molecule has 1 atom stereocenters. The third-order valence-corrected chi connectivity index (χ3v) is 7.62. The number of nitrogens with one attached hydrogen (secondary N) is 2. The Bertz CT molecular complexity index is 1300. The molecule has 1 fully saturated rings. The third-order valence-electron chi connectivity index (χ3n) is 5.34. The molecule has 1 aliphatic heterocycles. The summed E-state index contributed by atoms with van der Waals surface area (Å²) in [6.07, 6.45) is 1.85. The molecule has 1 saturated heterocycles. The lowest BCUT2D eigenvalue weighted by molar-refractivity contribution is 0.0858. The van der Waals surface area contributed by atoms with Crippen molar-refractivity contribution in [3.8, 4) is 0 Å². The van der Waals surface area contributed by atoms with Gasteiger partial charge >= 0.3 is 4.87 Å². The van der Waals surface area contributed by atoms with Crippen LogP contribution in [-0.2, 0) is 14.8 Å². The number of para-hydroxylation sites is 1. The number of carbonyl (C=O) groups excluding carboxylic acids is 1. The molecule has 0 bridgehead atoms. The van der Waals surface area contributed by atoms with Crippen molar-refractivity contribution in [3.05, 3.63) is 57.7 Å². The van der Waals surface area contributed by atoms with E-state index in [0.717, 1.165) is 24.2 Å². The fraction of sp³-hybridized carbons (Fsp3) is 0.364. The van der Waals surface area contributed by atoms with Gasteiger partial charge in [-0.1, -0.05) is 23.5 Å². The second-order valence-electron chi connectivity index (χ2n) is 7.96. The standard InChI is InChI=1S/C22H25N3O5S2/c1-14(2)25-19-10-9-16(12-20(19)31-22(25)27)32(28,29)24-18-8-4-3-7-17(18)21(26)23-13-15-6-5-11-30-15/h3-4,7-10,12,14-15,24H,5-6,11,13H2,1-2H3,(H,23,26)/t15-/m0/s1. The highest BCUT2D eigenvalue weighted by Gasteiger charge is 2.22. The summed E-state index contributed by atoms with van der Waals surface area (Å²) in [6, 6.07) is 11.0. The Labute approximate surface area is 190 Å². The predicted molar refractivity (Wildman–Crippen MR) is 125 cm³/mol. The van der Waals surface area contributed by atoms with Crippen molar-refractivity contribution in [1.29, 1.82) is 0 Å². The molecule has 32 heavy (non-hydrogen) atoms. The van der Waals surface area contributed by atoms with Gasteiger partial charge in [-0.05, 0) is 57.0 Å². The highest BCUT2D eigenvalue weighted by Crippen LogP contribution is 2.26. The Morgan fingerprint density at radius 3 is 2.75 bits per heavy atom. The molecule has 8 nitrogen and oxygen atoms in total. The molecule has 10 heteroatoms. The average molecular weight is 476 g/mol. The first-order valence-corrected chi connectivity index (χ1v) is 12.7. The number of aromatic nitrogens is 1. The topological polar surface area (TPSA) is 107 Å². The molecule has 1 aliphatic rings. The maximum Gasteiger partial charge on any atom is 0.308 e. The Morgan fingerprint density at radius 2 is 2.03 bits per heavy atom. The highest BCUT2D eigenvalue weighted by molar-refractivity contribution is 7.92. The number of amides is 1. The van der Waals surface area contributed by atoms with E-state index in [0.29, 0.717) is 23.4 Å². The molecule has 1 aromatic heterocycles. The minimum absolute atomic E-state index is 0.0140. The van der Waals surface area contributed by atoms with Gasteiger partial charge in [-0.15, -0.1) is 0 Å². The number of anilines is 1. The van der Waals surface area contributed by atoms with Crippen LogP contribution in [0.1, 0.15) is 43.1 Å². The van der Waals surface area contributed by atoms with Crippen molar-refractivity contribution in [1.82, 2.24) is 9.88 Å². The average Bonchev–Trinajstić information content (AvgIpc) is 3.38. The quantitative estimate of drug-likeness (QED) is 0.545. The summed E-state index contributed by atoms with van der Waals surface area (Å²) in [5, 5.41) is 2.82. The van der Waals surface area contributed by atoms with Crippen LogP contribution < -0.4 is 14.9 Å². The van der Waals surface area contributed by atoms with Crippen LogP contribution >= 0.6 is 11.3 Å². The van der Waals surface area contributed by atoms with E-state index < -0.39 is 10.0 Å². The van der Waals surface area contributed by atoms with Crippen molar-refractivity contribution in [2.75, 3.05) is 17.9 Å². The number of rotatable bonds is 7. The van der Waals surface area contributed by atoms with Gasteiger partial charge in [0.1, 0.15) is 0 Å². The number of hydrogen-bond donors (Lipinski definition) is 2. The zero-order valence-electron chi connectivity index (χ0n) is 17.8. The molecule has 0 unspecified atom stereocenters. The van der Waals surface area contributed by atoms with E-state index in [1.165, 1.54) is 12.1 Å². The molecule has 0 saturated carbocycles. The number of carbonyl (C=O) groups is 1. The van der Waals surface area contributed by atoms with Gasteiger partial charge in [-0.2, -0.15) is 0 Å². The van der Waals surface area contributed by atoms with E-state index in [1.54, 1.807) is 34.9 Å². The number of ether oxygens (including phenoxy) is 1. The number of benzene rings is 2. The molecule has 1 amide bonds. The SMILES string of the molecule is CC(C)n1c(=O)sc2cc(S(=O)(=O)Nc3ccccc3C(=O)NC[C@@H]3CCCO3)ccc21. The normalized spacial score (nSPS) is 16.5. The van der Waals surface area contributed by atoms with E-state index in [9.17, 15) is 18.0 Å². The summed E-state index contributed by atoms with van der Waals surface area (Å²) in [7, 11) is -3.97. The monoisotopic (exact) mass is 475 g/mol. The lowest BCUT2D eigenvalue weighted by Gasteiger charge is -2.14. The summed E-state index contributed by atoms with van der Waals surface area (Å²) in [5.74, 6) is -0.374. The summed E-state index contributed by atoms with van der Waals surface area (Å²) >= 11 is 1.01. The van der Waals surface area contributed by atoms with Crippen molar-refractivity contribution < 1.29 is 17.9 Å². The summed E-state index contributed by atoms with van der Waals surface area (Å²) in [5.41, 5.74) is 1.11. The fourth-order valence-corrected chi connectivity index (χ4v) is 5.99. The van der Waals surface area contributed by atoms with Gasteiger partial charge < -0.3 is 10.1 Å². The van der Waals surface area contributed by atoms with E-state index in [1.807, 2.05) is 13.8 Å². The molecule has 2 N–H and O–H groups in total. The van der Waals surface area contributed by atoms with Crippen LogP contribution in [0.3, 0.4) is 0 Å². The van der Waals surface area contributed by atoms with Gasteiger partial charge in [-0.25, -0.2) is 8.42 Å². The Morgan fingerprint density at radius 1 is 1.25 bits per heavy atom. The van der Waals surface area contributed by atoms with E-state index in [4.69, 9.17) is 4.74 Å². The summed E-state index contributed by atoms with van der Waals surface area (Å²) in [6.45, 7) is 4.88. The summed E-state index contributed by atoms with van der Waals surface area (Å²) in [4.78, 5) is 24.8. The van der Waals surface area contributed by atoms with Crippen LogP contribution in [0.15, 0.2) is 52.2 Å². The number of nitrogens with zero attached hydrogens (tertiary/aromatic N) is 1. The molecule has 3 aromatic rings. The molecular weight excluding hydrogens is 450 g/mol. The van der Waals surface area contributed by atoms with Crippen LogP contribution in [0.25, 0.3) is 10.2 Å². The van der Waals surface area contributed by atoms with Crippen molar-refractivity contribution >= 4 is 43.2 Å². The zero-order valence-corrected chi connectivity index (χ0v) is 19.5. The van der Waals surface area contributed by atoms with Crippen LogP contribution in [-0.4, -0.2) is 38.1 Å². The van der Waals surface area contributed by atoms with Gasteiger partial charge in [0.25, 0.3) is 15.9 Å². The molecule has 2 heterocycles. The van der Waals surface area contributed by atoms with Gasteiger partial charge in [0, 0.05) is 19.2 Å². The van der Waals surface area contributed by atoms with E-state index >= 15 is 0 Å². The largest absolute Gasteiger partial charge is 0.376 e. The zero-order chi connectivity index (χ0) is 22.9. The van der Waals surface area contributed by atoms with E-state index in [-0.39, 0.29) is 39.1 Å². The predicted octanol–water partition coefficient (Wildman–Crippen LogP) is 3.35. The fourth-order valence-electron chi connectivity index (χ4n) is 3.75. The second-order valence-corrected chi connectivity index (χ2v) is 10.6. The maximum absolute atomic E-state index is 13.1. The van der Waals surface area contributed by atoms with Gasteiger partial charge in [-0.3, -0.25) is 18.9 Å². The second kappa shape index (κ2) is 9.05. The highest BCUT2D eigenvalue weighted by atomic mass is 32.2. The molecule has 2 aromatic carbocycles. The summed E-state index contributed by atoms with van der Waals surface area (Å²) < 4.78 is 36.4. The number of thiazole rings is 1. The molecule has 4 rings (SSSR count). The van der Waals surface area contributed by atoms with Gasteiger partial charge in [0.15, 0.2) is 0 Å². The van der Waals surface area contributed by atoms with E-state index in [2.05, 4.69) is 10.0 Å². The van der Waals surface area contributed by atoms with Crippen LogP contribution in [0.5, 0.6) is 0 Å². The molecule has 170 valence electrons. The van der Waals surface area contributed by atoms with Crippen LogP contribution in [0, 0.1) is 0 Å². The number of hydrogen-bond acceptors (Lipinski definition) is 6.